The van der Waals surface area contributed by atoms with Crippen LogP contribution in [0.5, 0.6) is 0 Å². The molecule has 18 heavy (non-hydrogen) atoms. The first kappa shape index (κ1) is 15.9. The van der Waals surface area contributed by atoms with Gasteiger partial charge in [0.2, 0.25) is 0 Å². The Bertz CT molecular complexity index is 270. The van der Waals surface area contributed by atoms with Gasteiger partial charge in [-0.1, -0.05) is 39.5 Å². The summed E-state index contributed by atoms with van der Waals surface area (Å²) in [7, 11) is 0. The molecule has 1 heterocycles. The summed E-state index contributed by atoms with van der Waals surface area (Å²) in [5, 5.41) is 4.74. The molecule has 0 aromatic heterocycles. The van der Waals surface area contributed by atoms with Gasteiger partial charge in [0, 0.05) is 18.3 Å². The zero-order valence-corrected chi connectivity index (χ0v) is 13.6. The molecule has 0 radical (unpaired) electrons. The summed E-state index contributed by atoms with van der Waals surface area (Å²) in [5.41, 5.74) is 0.455. The third-order valence-electron chi connectivity index (χ3n) is 4.12. The normalized spacial score (nSPS) is 20.7. The van der Waals surface area contributed by atoms with Crippen LogP contribution in [0.25, 0.3) is 0 Å². The van der Waals surface area contributed by atoms with E-state index in [0.717, 1.165) is 12.5 Å². The van der Waals surface area contributed by atoms with Gasteiger partial charge in [0.1, 0.15) is 0 Å². The van der Waals surface area contributed by atoms with E-state index in [4.69, 9.17) is 4.99 Å². The first-order chi connectivity index (χ1) is 8.51. The highest BCUT2D eigenvalue weighted by molar-refractivity contribution is 8.13. The lowest BCUT2D eigenvalue weighted by atomic mass is 9.84. The maximum atomic E-state index is 4.76. The van der Waals surface area contributed by atoms with Crippen molar-refractivity contribution in [3.8, 4) is 0 Å². The van der Waals surface area contributed by atoms with Crippen LogP contribution in [0.15, 0.2) is 4.99 Å². The molecule has 0 spiro atoms. The van der Waals surface area contributed by atoms with Crippen molar-refractivity contribution >= 4 is 16.9 Å². The van der Waals surface area contributed by atoms with Gasteiger partial charge in [-0.2, -0.15) is 0 Å². The number of hydrogen-bond acceptors (Lipinski definition) is 3. The van der Waals surface area contributed by atoms with E-state index in [-0.39, 0.29) is 0 Å². The van der Waals surface area contributed by atoms with E-state index in [0.29, 0.717) is 11.5 Å². The minimum Gasteiger partial charge on any atom is -0.362 e. The zero-order chi connectivity index (χ0) is 13.6. The van der Waals surface area contributed by atoms with Crippen molar-refractivity contribution in [2.24, 2.45) is 16.3 Å². The van der Waals surface area contributed by atoms with Crippen LogP contribution in [0.2, 0.25) is 0 Å². The molecule has 1 aliphatic rings. The van der Waals surface area contributed by atoms with E-state index in [9.17, 15) is 0 Å². The largest absolute Gasteiger partial charge is 0.362 e. The first-order valence-electron chi connectivity index (χ1n) is 7.45. The second kappa shape index (κ2) is 7.42. The highest BCUT2D eigenvalue weighted by atomic mass is 32.2. The molecule has 3 heteroatoms. The zero-order valence-electron chi connectivity index (χ0n) is 12.8. The van der Waals surface area contributed by atoms with Gasteiger partial charge in [0.05, 0.1) is 0 Å². The molecule has 0 aromatic carbocycles. The fourth-order valence-electron chi connectivity index (χ4n) is 2.18. The van der Waals surface area contributed by atoms with Crippen molar-refractivity contribution in [3.63, 3.8) is 0 Å². The van der Waals surface area contributed by atoms with Crippen LogP contribution >= 0.6 is 11.8 Å². The van der Waals surface area contributed by atoms with Crippen molar-refractivity contribution in [1.29, 1.82) is 0 Å². The summed E-state index contributed by atoms with van der Waals surface area (Å²) >= 11 is 1.92. The molecular formula is C15H30N2S. The topological polar surface area (TPSA) is 24.4 Å². The average molecular weight is 270 g/mol. The summed E-state index contributed by atoms with van der Waals surface area (Å²) in [5.74, 6) is 2.02. The summed E-state index contributed by atoms with van der Waals surface area (Å²) in [6.07, 6.45) is 5.02. The van der Waals surface area contributed by atoms with Gasteiger partial charge in [-0.05, 0) is 43.9 Å². The Labute approximate surface area is 117 Å². The molecule has 1 unspecified atom stereocenters. The van der Waals surface area contributed by atoms with E-state index < -0.39 is 0 Å². The van der Waals surface area contributed by atoms with Crippen molar-refractivity contribution in [1.82, 2.24) is 5.32 Å². The summed E-state index contributed by atoms with van der Waals surface area (Å²) in [6.45, 7) is 12.4. The Morgan fingerprint density at radius 3 is 2.33 bits per heavy atom. The molecule has 0 saturated heterocycles. The van der Waals surface area contributed by atoms with Gasteiger partial charge in [-0.3, -0.25) is 4.99 Å². The highest BCUT2D eigenvalue weighted by Gasteiger charge is 2.30. The van der Waals surface area contributed by atoms with Gasteiger partial charge in [-0.15, -0.1) is 0 Å². The highest BCUT2D eigenvalue weighted by Crippen LogP contribution is 2.34. The van der Waals surface area contributed by atoms with E-state index in [1.807, 2.05) is 11.8 Å². The Morgan fingerprint density at radius 2 is 1.89 bits per heavy atom. The standard InChI is InChI=1S/C15H30N2S/c1-6-15(7-2)10-16-14(18-11-15)17-13(5)9-8-12(3)4/h12-13H,6-11H2,1-5H3,(H,16,17). The minimum absolute atomic E-state index is 0.455. The molecule has 1 atom stereocenters. The van der Waals surface area contributed by atoms with Gasteiger partial charge in [0.15, 0.2) is 5.17 Å². The predicted octanol–water partition coefficient (Wildman–Crippen LogP) is 4.31. The molecule has 0 fully saturated rings. The van der Waals surface area contributed by atoms with E-state index >= 15 is 0 Å². The third kappa shape index (κ3) is 4.83. The summed E-state index contributed by atoms with van der Waals surface area (Å²) < 4.78 is 0. The second-order valence-electron chi connectivity index (χ2n) is 6.13. The van der Waals surface area contributed by atoms with Crippen molar-refractivity contribution in [3.05, 3.63) is 0 Å². The van der Waals surface area contributed by atoms with Crippen molar-refractivity contribution in [2.75, 3.05) is 12.3 Å². The van der Waals surface area contributed by atoms with Gasteiger partial charge < -0.3 is 5.32 Å². The molecular weight excluding hydrogens is 240 g/mol. The fraction of sp³-hybridized carbons (Fsp3) is 0.933. The lowest BCUT2D eigenvalue weighted by molar-refractivity contribution is 0.318. The van der Waals surface area contributed by atoms with Crippen LogP contribution in [0.3, 0.4) is 0 Å². The number of nitrogens with zero attached hydrogens (tertiary/aromatic N) is 1. The van der Waals surface area contributed by atoms with Crippen LogP contribution in [0.4, 0.5) is 0 Å². The number of hydrogen-bond donors (Lipinski definition) is 1. The SMILES string of the molecule is CCC1(CC)CN=C(NC(C)CCC(C)C)SC1. The number of amidine groups is 1. The number of nitrogens with one attached hydrogen (secondary N) is 1. The summed E-state index contributed by atoms with van der Waals surface area (Å²) in [6, 6.07) is 0.550. The Balaban J connectivity index is 2.39. The lowest BCUT2D eigenvalue weighted by Crippen LogP contribution is -2.38. The number of rotatable bonds is 6. The van der Waals surface area contributed by atoms with E-state index in [1.165, 1.54) is 36.6 Å². The Morgan fingerprint density at radius 1 is 1.22 bits per heavy atom. The van der Waals surface area contributed by atoms with Crippen LogP contribution < -0.4 is 5.32 Å². The summed E-state index contributed by atoms with van der Waals surface area (Å²) in [4.78, 5) is 4.76. The molecule has 106 valence electrons. The average Bonchev–Trinajstić information content (AvgIpc) is 2.38. The monoisotopic (exact) mass is 270 g/mol. The molecule has 0 amide bonds. The first-order valence-corrected chi connectivity index (χ1v) is 8.43. The molecule has 0 saturated carbocycles. The molecule has 0 aromatic rings. The smallest absolute Gasteiger partial charge is 0.156 e. The van der Waals surface area contributed by atoms with Gasteiger partial charge >= 0.3 is 0 Å². The van der Waals surface area contributed by atoms with Crippen molar-refractivity contribution in [2.45, 2.75) is 66.3 Å². The molecule has 0 bridgehead atoms. The quantitative estimate of drug-likeness (QED) is 0.778. The molecule has 0 aliphatic carbocycles. The van der Waals surface area contributed by atoms with Crippen LogP contribution in [0, 0.1) is 11.3 Å². The van der Waals surface area contributed by atoms with E-state index in [1.54, 1.807) is 0 Å². The third-order valence-corrected chi connectivity index (χ3v) is 5.40. The van der Waals surface area contributed by atoms with Crippen LogP contribution in [-0.4, -0.2) is 23.5 Å². The Hall–Kier alpha value is -0.180. The van der Waals surface area contributed by atoms with Crippen molar-refractivity contribution < 1.29 is 0 Å². The number of thioether (sulfide) groups is 1. The number of aliphatic imine (C=N–C) groups is 1. The van der Waals surface area contributed by atoms with E-state index in [2.05, 4.69) is 39.9 Å². The van der Waals surface area contributed by atoms with Gasteiger partial charge in [-0.25, -0.2) is 0 Å². The predicted molar refractivity (Wildman–Crippen MR) is 84.4 cm³/mol. The van der Waals surface area contributed by atoms with Crippen LogP contribution in [0.1, 0.15) is 60.3 Å². The molecule has 2 nitrogen and oxygen atoms in total. The fourth-order valence-corrected chi connectivity index (χ4v) is 3.57. The molecule has 1 N–H and O–H groups in total. The Kier molecular flexibility index (Phi) is 6.54. The molecule has 1 rings (SSSR count). The minimum atomic E-state index is 0.455. The molecule has 1 aliphatic heterocycles. The van der Waals surface area contributed by atoms with Crippen LogP contribution in [-0.2, 0) is 0 Å². The second-order valence-corrected chi connectivity index (χ2v) is 7.10. The maximum absolute atomic E-state index is 4.76. The van der Waals surface area contributed by atoms with Gasteiger partial charge in [0.25, 0.3) is 0 Å². The lowest BCUT2D eigenvalue weighted by Gasteiger charge is -2.34. The maximum Gasteiger partial charge on any atom is 0.156 e.